The molecule has 0 aromatic heterocycles. The number of benzene rings is 2. The monoisotopic (exact) mass is 344 g/mol. The fourth-order valence-electron chi connectivity index (χ4n) is 1.96. The van der Waals surface area contributed by atoms with Gasteiger partial charge in [-0.15, -0.1) is 0 Å². The number of hydrogen-bond donors (Lipinski definition) is 2. The molecule has 2 aromatic carbocycles. The number of nitrogens with two attached hydrogens (primary N) is 1. The fraction of sp³-hybridized carbons (Fsp3) is 0.200. The molecule has 0 spiro atoms. The van der Waals surface area contributed by atoms with Crippen LogP contribution in [-0.2, 0) is 22.7 Å². The van der Waals surface area contributed by atoms with E-state index in [1.807, 2.05) is 4.72 Å². The van der Waals surface area contributed by atoms with Crippen molar-refractivity contribution < 1.29 is 21.6 Å². The van der Waals surface area contributed by atoms with Crippen molar-refractivity contribution in [3.05, 3.63) is 59.2 Å². The van der Waals surface area contributed by atoms with Crippen LogP contribution >= 0.6 is 0 Å². The largest absolute Gasteiger partial charge is 0.418 e. The maximum atomic E-state index is 13.1. The molecule has 0 fully saturated rings. The van der Waals surface area contributed by atoms with E-state index in [-0.39, 0.29) is 17.0 Å². The molecule has 124 valence electrons. The molecule has 0 amide bonds. The van der Waals surface area contributed by atoms with Crippen LogP contribution in [-0.4, -0.2) is 8.42 Å². The van der Waals surface area contributed by atoms with Crippen LogP contribution in [0.4, 0.5) is 18.9 Å². The minimum Gasteiger partial charge on any atom is -0.326 e. The Kier molecular flexibility index (Phi) is 4.67. The van der Waals surface area contributed by atoms with E-state index in [1.165, 1.54) is 18.2 Å². The van der Waals surface area contributed by atoms with Crippen molar-refractivity contribution in [1.29, 1.82) is 0 Å². The fourth-order valence-corrected chi connectivity index (χ4v) is 3.04. The molecule has 0 radical (unpaired) electrons. The third-order valence-electron chi connectivity index (χ3n) is 3.20. The SMILES string of the molecule is Cc1ccc(S(=O)(=O)Nc2ccc(CN)cc2C(F)(F)F)cc1. The molecule has 23 heavy (non-hydrogen) atoms. The topological polar surface area (TPSA) is 72.2 Å². The van der Waals surface area contributed by atoms with Gasteiger partial charge in [-0.25, -0.2) is 8.42 Å². The predicted molar refractivity (Wildman–Crippen MR) is 81.3 cm³/mol. The van der Waals surface area contributed by atoms with Crippen molar-refractivity contribution in [2.45, 2.75) is 24.5 Å². The Labute approximate surface area is 132 Å². The lowest BCUT2D eigenvalue weighted by atomic mass is 10.1. The number of anilines is 1. The highest BCUT2D eigenvalue weighted by Gasteiger charge is 2.34. The number of halogens is 3. The quantitative estimate of drug-likeness (QED) is 0.894. The van der Waals surface area contributed by atoms with Crippen molar-refractivity contribution >= 4 is 15.7 Å². The van der Waals surface area contributed by atoms with E-state index in [0.717, 1.165) is 17.7 Å². The summed E-state index contributed by atoms with van der Waals surface area (Å²) in [4.78, 5) is -0.112. The third-order valence-corrected chi connectivity index (χ3v) is 4.58. The van der Waals surface area contributed by atoms with Crippen molar-refractivity contribution in [1.82, 2.24) is 0 Å². The van der Waals surface area contributed by atoms with E-state index in [1.54, 1.807) is 19.1 Å². The molecule has 0 aliphatic rings. The van der Waals surface area contributed by atoms with Crippen LogP contribution in [0.1, 0.15) is 16.7 Å². The van der Waals surface area contributed by atoms with Gasteiger partial charge in [-0.3, -0.25) is 4.72 Å². The standard InChI is InChI=1S/C15H15F3N2O2S/c1-10-2-5-12(6-3-10)23(21,22)20-14-7-4-11(9-19)8-13(14)15(16,17)18/h2-8,20H,9,19H2,1H3. The van der Waals surface area contributed by atoms with Crippen LogP contribution in [0, 0.1) is 6.92 Å². The van der Waals surface area contributed by atoms with E-state index in [4.69, 9.17) is 5.73 Å². The minimum atomic E-state index is -4.70. The maximum Gasteiger partial charge on any atom is 0.418 e. The molecule has 0 atom stereocenters. The van der Waals surface area contributed by atoms with Crippen LogP contribution < -0.4 is 10.5 Å². The lowest BCUT2D eigenvalue weighted by Gasteiger charge is -2.16. The van der Waals surface area contributed by atoms with Crippen molar-refractivity contribution in [3.8, 4) is 0 Å². The summed E-state index contributed by atoms with van der Waals surface area (Å²) in [7, 11) is -4.11. The van der Waals surface area contributed by atoms with Crippen LogP contribution in [0.25, 0.3) is 0 Å². The van der Waals surface area contributed by atoms with Gasteiger partial charge in [0.2, 0.25) is 0 Å². The number of rotatable bonds is 4. The lowest BCUT2D eigenvalue weighted by molar-refractivity contribution is -0.136. The molecule has 0 saturated heterocycles. The summed E-state index contributed by atoms with van der Waals surface area (Å²) in [6.07, 6.45) is -4.70. The molecular weight excluding hydrogens is 329 g/mol. The first-order chi connectivity index (χ1) is 10.6. The van der Waals surface area contributed by atoms with Gasteiger partial charge in [0.1, 0.15) is 0 Å². The summed E-state index contributed by atoms with van der Waals surface area (Å²) in [6.45, 7) is 1.70. The third kappa shape index (κ3) is 4.02. The number of sulfonamides is 1. The Bertz CT molecular complexity index is 800. The average Bonchev–Trinajstić information content (AvgIpc) is 2.46. The van der Waals surface area contributed by atoms with Crippen molar-refractivity contribution in [2.75, 3.05) is 4.72 Å². The smallest absolute Gasteiger partial charge is 0.326 e. The highest BCUT2D eigenvalue weighted by atomic mass is 32.2. The second kappa shape index (κ2) is 6.21. The summed E-state index contributed by atoms with van der Waals surface area (Å²) in [5.74, 6) is 0. The molecule has 0 bridgehead atoms. The summed E-state index contributed by atoms with van der Waals surface area (Å²) in [5.41, 5.74) is 4.83. The molecule has 3 N–H and O–H groups in total. The average molecular weight is 344 g/mol. The molecule has 0 aliphatic heterocycles. The van der Waals surface area contributed by atoms with Gasteiger partial charge < -0.3 is 5.73 Å². The van der Waals surface area contributed by atoms with E-state index in [9.17, 15) is 21.6 Å². The van der Waals surface area contributed by atoms with Gasteiger partial charge in [0.05, 0.1) is 16.1 Å². The Morgan fingerprint density at radius 3 is 2.22 bits per heavy atom. The molecular formula is C15H15F3N2O2S. The Morgan fingerprint density at radius 1 is 1.09 bits per heavy atom. The second-order valence-corrected chi connectivity index (χ2v) is 6.68. The number of aryl methyl sites for hydroxylation is 1. The minimum absolute atomic E-state index is 0.0753. The second-order valence-electron chi connectivity index (χ2n) is 5.00. The summed E-state index contributed by atoms with van der Waals surface area (Å²) >= 11 is 0. The zero-order valence-corrected chi connectivity index (χ0v) is 13.0. The van der Waals surface area contributed by atoms with Crippen molar-refractivity contribution in [3.63, 3.8) is 0 Å². The summed E-state index contributed by atoms with van der Waals surface area (Å²) in [5, 5.41) is 0. The number of nitrogens with one attached hydrogen (secondary N) is 1. The zero-order valence-electron chi connectivity index (χ0n) is 12.2. The predicted octanol–water partition coefficient (Wildman–Crippen LogP) is 3.27. The molecule has 2 rings (SSSR count). The van der Waals surface area contributed by atoms with E-state index in [0.29, 0.717) is 0 Å². The Morgan fingerprint density at radius 2 is 1.70 bits per heavy atom. The first-order valence-corrected chi connectivity index (χ1v) is 8.11. The van der Waals surface area contributed by atoms with E-state index in [2.05, 4.69) is 0 Å². The van der Waals surface area contributed by atoms with Gasteiger partial charge in [-0.05, 0) is 36.8 Å². The summed E-state index contributed by atoms with van der Waals surface area (Å²) in [6, 6.07) is 9.05. The highest BCUT2D eigenvalue weighted by molar-refractivity contribution is 7.92. The van der Waals surface area contributed by atoms with Crippen LogP contribution in [0.15, 0.2) is 47.4 Å². The summed E-state index contributed by atoms with van der Waals surface area (Å²) < 4.78 is 65.8. The van der Waals surface area contributed by atoms with Gasteiger partial charge in [0, 0.05) is 6.54 Å². The lowest BCUT2D eigenvalue weighted by Crippen LogP contribution is -2.17. The van der Waals surface area contributed by atoms with E-state index >= 15 is 0 Å². The van der Waals surface area contributed by atoms with Crippen LogP contribution in [0.5, 0.6) is 0 Å². The van der Waals surface area contributed by atoms with E-state index < -0.39 is 27.5 Å². The maximum absolute atomic E-state index is 13.1. The van der Waals surface area contributed by atoms with Gasteiger partial charge in [0.25, 0.3) is 10.0 Å². The van der Waals surface area contributed by atoms with Gasteiger partial charge in [0.15, 0.2) is 0 Å². The van der Waals surface area contributed by atoms with Crippen LogP contribution in [0.2, 0.25) is 0 Å². The molecule has 8 heteroatoms. The Hall–Kier alpha value is -2.06. The first-order valence-electron chi connectivity index (χ1n) is 6.63. The molecule has 4 nitrogen and oxygen atoms in total. The molecule has 0 unspecified atom stereocenters. The number of alkyl halides is 3. The van der Waals surface area contributed by atoms with Gasteiger partial charge in [-0.2, -0.15) is 13.2 Å². The molecule has 0 saturated carbocycles. The highest BCUT2D eigenvalue weighted by Crippen LogP contribution is 2.36. The Balaban J connectivity index is 2.45. The van der Waals surface area contributed by atoms with Gasteiger partial charge >= 0.3 is 6.18 Å². The molecule has 0 aliphatic carbocycles. The molecule has 0 heterocycles. The van der Waals surface area contributed by atoms with Crippen molar-refractivity contribution in [2.24, 2.45) is 5.73 Å². The first kappa shape index (κ1) is 17.3. The zero-order chi connectivity index (χ0) is 17.3. The normalized spacial score (nSPS) is 12.2. The molecule has 2 aromatic rings. The van der Waals surface area contributed by atoms with Gasteiger partial charge in [-0.1, -0.05) is 23.8 Å². The number of hydrogen-bond acceptors (Lipinski definition) is 3. The van der Waals surface area contributed by atoms with Crippen LogP contribution in [0.3, 0.4) is 0 Å².